The van der Waals surface area contributed by atoms with Gasteiger partial charge in [0, 0.05) is 23.3 Å². The largest absolute Gasteiger partial charge is 0.504 e. The third-order valence-corrected chi connectivity index (χ3v) is 5.24. The Balaban J connectivity index is 2.02. The van der Waals surface area contributed by atoms with Crippen LogP contribution in [0, 0.1) is 0 Å². The molecule has 1 N–H and O–H groups in total. The van der Waals surface area contributed by atoms with Crippen LogP contribution in [0.15, 0.2) is 39.6 Å². The fourth-order valence-electron chi connectivity index (χ4n) is 3.71. The molecule has 0 amide bonds. The molecule has 0 unspecified atom stereocenters. The zero-order chi connectivity index (χ0) is 18.2. The van der Waals surface area contributed by atoms with Crippen LogP contribution in [-0.4, -0.2) is 11.7 Å². The Morgan fingerprint density at radius 3 is 2.48 bits per heavy atom. The van der Waals surface area contributed by atoms with Crippen molar-refractivity contribution in [1.29, 1.82) is 0 Å². The van der Waals surface area contributed by atoms with Crippen molar-refractivity contribution in [2.24, 2.45) is 0 Å². The first kappa shape index (κ1) is 17.5. The van der Waals surface area contributed by atoms with E-state index < -0.39 is 16.6 Å². The van der Waals surface area contributed by atoms with Crippen molar-refractivity contribution in [2.75, 3.05) is 11.4 Å². The molecule has 4 nitrogen and oxygen atoms in total. The van der Waals surface area contributed by atoms with Gasteiger partial charge in [-0.2, -0.15) is 0 Å². The lowest BCUT2D eigenvalue weighted by Gasteiger charge is -2.27. The molecule has 0 aromatic heterocycles. The summed E-state index contributed by atoms with van der Waals surface area (Å²) in [6.45, 7) is 7.29. The normalized spacial score (nSPS) is 17.4. The topological polar surface area (TPSA) is 57.6 Å². The number of rotatable bonds is 6. The quantitative estimate of drug-likeness (QED) is 0.644. The van der Waals surface area contributed by atoms with Gasteiger partial charge in [0.1, 0.15) is 0 Å². The Morgan fingerprint density at radius 2 is 1.80 bits per heavy atom. The van der Waals surface area contributed by atoms with Crippen molar-refractivity contribution < 1.29 is 5.11 Å². The lowest BCUT2D eigenvalue weighted by Crippen LogP contribution is -2.34. The predicted molar refractivity (Wildman–Crippen MR) is 102 cm³/mol. The Labute approximate surface area is 148 Å². The number of aromatic hydroxyl groups is 1. The van der Waals surface area contributed by atoms with Crippen molar-refractivity contribution in [3.8, 4) is 5.75 Å². The highest BCUT2D eigenvalue weighted by atomic mass is 16.3. The van der Waals surface area contributed by atoms with Gasteiger partial charge in [-0.3, -0.25) is 9.59 Å². The van der Waals surface area contributed by atoms with E-state index in [0.29, 0.717) is 0 Å². The monoisotopic (exact) mass is 339 g/mol. The van der Waals surface area contributed by atoms with Crippen molar-refractivity contribution in [3.05, 3.63) is 61.5 Å². The molecule has 0 radical (unpaired) electrons. The van der Waals surface area contributed by atoms with Gasteiger partial charge in [-0.15, -0.1) is 0 Å². The van der Waals surface area contributed by atoms with Crippen LogP contribution in [0.1, 0.15) is 57.6 Å². The first-order valence-corrected chi connectivity index (χ1v) is 9.01. The minimum atomic E-state index is -0.783. The minimum absolute atomic E-state index is 0.138. The summed E-state index contributed by atoms with van der Waals surface area (Å²) in [6, 6.07) is 8.25. The van der Waals surface area contributed by atoms with Crippen LogP contribution in [0.3, 0.4) is 0 Å². The molecule has 0 saturated heterocycles. The molecule has 1 aliphatic rings. The molecule has 0 bridgehead atoms. The number of allylic oxidation sites excluding steroid dienone is 1. The third kappa shape index (κ3) is 2.80. The van der Waals surface area contributed by atoms with Crippen LogP contribution in [0.2, 0.25) is 0 Å². The Bertz CT molecular complexity index is 885. The number of fused-ring (bicyclic) bond motifs is 1. The molecule has 2 aromatic carbocycles. The number of hydrogen-bond acceptors (Lipinski definition) is 4. The third-order valence-electron chi connectivity index (χ3n) is 5.24. The summed E-state index contributed by atoms with van der Waals surface area (Å²) in [6.07, 6.45) is 6.32. The predicted octanol–water partition coefficient (Wildman–Crippen LogP) is 3.71. The molecule has 4 heteroatoms. The lowest BCUT2D eigenvalue weighted by atomic mass is 9.83. The molecule has 1 aliphatic heterocycles. The molecular formula is C21H25NO3. The Morgan fingerprint density at radius 1 is 1.08 bits per heavy atom. The van der Waals surface area contributed by atoms with Gasteiger partial charge >= 0.3 is 0 Å². The molecule has 0 aliphatic carbocycles. The van der Waals surface area contributed by atoms with E-state index in [1.807, 2.05) is 12.1 Å². The summed E-state index contributed by atoms with van der Waals surface area (Å²) in [7, 11) is 0. The zero-order valence-electron chi connectivity index (χ0n) is 15.1. The number of unbranched alkanes of at least 4 members (excludes halogenated alkanes) is 3. The number of anilines is 1. The summed E-state index contributed by atoms with van der Waals surface area (Å²) < 4.78 is 0. The first-order valence-electron chi connectivity index (χ1n) is 9.01. The van der Waals surface area contributed by atoms with Gasteiger partial charge in [-0.25, -0.2) is 0 Å². The lowest BCUT2D eigenvalue weighted by molar-refractivity contribution is 0.461. The van der Waals surface area contributed by atoms with Gasteiger partial charge in [-0.05, 0) is 24.1 Å². The van der Waals surface area contributed by atoms with E-state index in [1.54, 1.807) is 6.08 Å². The summed E-state index contributed by atoms with van der Waals surface area (Å²) in [5.74, 6) is -0.407. The zero-order valence-corrected chi connectivity index (χ0v) is 15.1. The van der Waals surface area contributed by atoms with Gasteiger partial charge in [0.25, 0.3) is 5.43 Å². The van der Waals surface area contributed by atoms with E-state index in [4.69, 9.17) is 0 Å². The van der Waals surface area contributed by atoms with E-state index in [9.17, 15) is 14.7 Å². The highest BCUT2D eigenvalue weighted by Crippen LogP contribution is 2.48. The highest BCUT2D eigenvalue weighted by molar-refractivity contribution is 5.77. The fourth-order valence-corrected chi connectivity index (χ4v) is 3.71. The van der Waals surface area contributed by atoms with Crippen LogP contribution >= 0.6 is 0 Å². The average molecular weight is 339 g/mol. The second-order valence-corrected chi connectivity index (χ2v) is 7.30. The van der Waals surface area contributed by atoms with Gasteiger partial charge in [0.15, 0.2) is 5.75 Å². The molecular weight excluding hydrogens is 314 g/mol. The maximum Gasteiger partial charge on any atom is 0.268 e. The van der Waals surface area contributed by atoms with E-state index in [2.05, 4.69) is 37.8 Å². The van der Waals surface area contributed by atoms with Crippen LogP contribution in [0.4, 0.5) is 5.69 Å². The summed E-state index contributed by atoms with van der Waals surface area (Å²) in [4.78, 5) is 25.4. The van der Waals surface area contributed by atoms with E-state index in [-0.39, 0.29) is 11.0 Å². The Hall–Kier alpha value is -2.36. The van der Waals surface area contributed by atoms with Crippen LogP contribution in [-0.2, 0) is 5.41 Å². The molecule has 25 heavy (non-hydrogen) atoms. The molecule has 0 fully saturated rings. The molecule has 3 rings (SSSR count). The van der Waals surface area contributed by atoms with Crippen molar-refractivity contribution in [3.63, 3.8) is 0 Å². The second kappa shape index (κ2) is 6.51. The summed E-state index contributed by atoms with van der Waals surface area (Å²) >= 11 is 0. The number of para-hydroxylation sites is 1. The molecule has 1 heterocycles. The minimum Gasteiger partial charge on any atom is -0.504 e. The van der Waals surface area contributed by atoms with Gasteiger partial charge in [0.05, 0.1) is 5.56 Å². The molecule has 2 aromatic rings. The number of benzene rings is 1. The SMILES string of the molecule is CCCCCCN1/C(=C/c2c(O)c(=O)c2=O)C(C)(C)c2ccccc21. The maximum atomic E-state index is 11.8. The van der Waals surface area contributed by atoms with Crippen molar-refractivity contribution >= 4 is 11.8 Å². The average Bonchev–Trinajstić information content (AvgIpc) is 2.83. The fraction of sp³-hybridized carbons (Fsp3) is 0.429. The number of nitrogens with zero attached hydrogens (tertiary/aromatic N) is 1. The molecule has 132 valence electrons. The van der Waals surface area contributed by atoms with E-state index in [1.165, 1.54) is 18.4 Å². The molecule has 0 saturated carbocycles. The van der Waals surface area contributed by atoms with Gasteiger partial charge < -0.3 is 10.0 Å². The Kier molecular flexibility index (Phi) is 4.55. The summed E-state index contributed by atoms with van der Waals surface area (Å²) in [5.41, 5.74) is 1.79. The van der Waals surface area contributed by atoms with Gasteiger partial charge in [-0.1, -0.05) is 58.2 Å². The van der Waals surface area contributed by atoms with Crippen molar-refractivity contribution in [1.82, 2.24) is 0 Å². The smallest absolute Gasteiger partial charge is 0.268 e. The molecule has 0 spiro atoms. The van der Waals surface area contributed by atoms with Crippen LogP contribution in [0.25, 0.3) is 6.08 Å². The van der Waals surface area contributed by atoms with Crippen LogP contribution in [0.5, 0.6) is 5.75 Å². The van der Waals surface area contributed by atoms with E-state index in [0.717, 1.165) is 30.8 Å². The van der Waals surface area contributed by atoms with Crippen molar-refractivity contribution in [2.45, 2.75) is 51.9 Å². The maximum absolute atomic E-state index is 11.8. The number of hydrogen-bond donors (Lipinski definition) is 1. The van der Waals surface area contributed by atoms with Gasteiger partial charge in [0.2, 0.25) is 5.43 Å². The second-order valence-electron chi connectivity index (χ2n) is 7.30. The summed E-state index contributed by atoms with van der Waals surface area (Å²) in [5, 5.41) is 9.77. The van der Waals surface area contributed by atoms with E-state index >= 15 is 0 Å². The standard InChI is InChI=1S/C21H25NO3/c1-4-5-6-9-12-22-16-11-8-7-10-15(16)21(2,3)17(22)13-14-18(23)20(25)19(14)24/h7-8,10-11,13,23H,4-6,9,12H2,1-3H3/b17-13+. The first-order chi connectivity index (χ1) is 11.9. The molecule has 0 atom stereocenters. The van der Waals surface area contributed by atoms with Crippen LogP contribution < -0.4 is 15.8 Å². The highest BCUT2D eigenvalue weighted by Gasteiger charge is 2.40.